The maximum atomic E-state index is 12.2. The molecule has 0 N–H and O–H groups in total. The molecule has 0 aromatic heterocycles. The summed E-state index contributed by atoms with van der Waals surface area (Å²) >= 11 is 3.22. The first-order valence-corrected chi connectivity index (χ1v) is 6.90. The first-order valence-electron chi connectivity index (χ1n) is 6.11. The van der Waals surface area contributed by atoms with Crippen LogP contribution in [0, 0.1) is 0 Å². The van der Waals surface area contributed by atoms with Gasteiger partial charge in [-0.3, -0.25) is 9.63 Å². The summed E-state index contributed by atoms with van der Waals surface area (Å²) in [5.41, 5.74) is 0.149. The van der Waals surface area contributed by atoms with Gasteiger partial charge in [0.25, 0.3) is 5.91 Å². The summed E-state index contributed by atoms with van der Waals surface area (Å²) in [4.78, 5) is 39.8. The van der Waals surface area contributed by atoms with E-state index in [1.54, 1.807) is 26.0 Å². The fraction of sp³-hybridized carbons (Fsp3) is 0.308. The Balaban J connectivity index is 2.93. The highest BCUT2D eigenvalue weighted by atomic mass is 79.9. The Bertz CT molecular complexity index is 516. The summed E-state index contributed by atoms with van der Waals surface area (Å²) in [6, 6.07) is 6.15. The molecule has 8 heteroatoms. The zero-order chi connectivity index (χ0) is 15.8. The third-order valence-corrected chi connectivity index (χ3v) is 2.67. The van der Waals surface area contributed by atoms with Gasteiger partial charge in [-0.2, -0.15) is 0 Å². The lowest BCUT2D eigenvalue weighted by atomic mass is 10.2. The molecule has 1 aromatic rings. The molecule has 0 saturated carbocycles. The maximum absolute atomic E-state index is 12.2. The molecule has 7 nitrogen and oxygen atoms in total. The number of hydrogen-bond acceptors (Lipinski definition) is 6. The number of carbonyl (C=O) groups excluding carboxylic acids is 3. The fourth-order valence-corrected chi connectivity index (χ4v) is 1.54. The number of halogens is 1. The van der Waals surface area contributed by atoms with Gasteiger partial charge in [0.2, 0.25) is 0 Å². The van der Waals surface area contributed by atoms with E-state index in [0.29, 0.717) is 0 Å². The molecule has 0 saturated heterocycles. The van der Waals surface area contributed by atoms with Crippen molar-refractivity contribution in [2.24, 2.45) is 0 Å². The predicted octanol–water partition coefficient (Wildman–Crippen LogP) is 3.14. The highest BCUT2D eigenvalue weighted by Crippen LogP contribution is 2.13. The smallest absolute Gasteiger partial charge is 0.447 e. The lowest BCUT2D eigenvalue weighted by Crippen LogP contribution is -2.39. The highest BCUT2D eigenvalue weighted by Gasteiger charge is 2.29. The summed E-state index contributed by atoms with van der Waals surface area (Å²) in [6.45, 7) is 3.19. The molecule has 0 spiro atoms. The second-order valence-electron chi connectivity index (χ2n) is 3.58. The first kappa shape index (κ1) is 17.0. The van der Waals surface area contributed by atoms with Crippen molar-refractivity contribution in [3.8, 4) is 0 Å². The summed E-state index contributed by atoms with van der Waals surface area (Å²) in [6.07, 6.45) is -2.27. The van der Waals surface area contributed by atoms with Crippen molar-refractivity contribution in [3.63, 3.8) is 0 Å². The minimum absolute atomic E-state index is 0.0230. The number of ether oxygens (including phenoxy) is 2. The topological polar surface area (TPSA) is 82.1 Å². The number of hydroxylamine groups is 2. The monoisotopic (exact) mass is 359 g/mol. The van der Waals surface area contributed by atoms with Crippen molar-refractivity contribution in [1.29, 1.82) is 0 Å². The first-order chi connectivity index (χ1) is 9.99. The molecule has 0 aliphatic heterocycles. The van der Waals surface area contributed by atoms with Gasteiger partial charge in [0, 0.05) is 10.0 Å². The molecular weight excluding hydrogens is 346 g/mol. The van der Waals surface area contributed by atoms with E-state index in [9.17, 15) is 14.4 Å². The van der Waals surface area contributed by atoms with Gasteiger partial charge >= 0.3 is 12.2 Å². The van der Waals surface area contributed by atoms with E-state index < -0.39 is 18.2 Å². The van der Waals surface area contributed by atoms with Gasteiger partial charge in [-0.15, -0.1) is 0 Å². The molecule has 0 bridgehead atoms. The molecule has 0 aliphatic carbocycles. The van der Waals surface area contributed by atoms with E-state index >= 15 is 0 Å². The van der Waals surface area contributed by atoms with Gasteiger partial charge in [0.05, 0.1) is 13.2 Å². The Morgan fingerprint density at radius 1 is 1.05 bits per heavy atom. The zero-order valence-corrected chi connectivity index (χ0v) is 13.1. The Morgan fingerprint density at radius 2 is 1.62 bits per heavy atom. The van der Waals surface area contributed by atoms with Crippen LogP contribution in [0.25, 0.3) is 0 Å². The van der Waals surface area contributed by atoms with Crippen LogP contribution in [0.5, 0.6) is 0 Å². The van der Waals surface area contributed by atoms with Crippen molar-refractivity contribution < 1.29 is 28.7 Å². The number of amides is 2. The molecule has 1 aromatic carbocycles. The highest BCUT2D eigenvalue weighted by molar-refractivity contribution is 9.10. The van der Waals surface area contributed by atoms with E-state index in [4.69, 9.17) is 0 Å². The number of rotatable bonds is 3. The maximum Gasteiger partial charge on any atom is 0.534 e. The van der Waals surface area contributed by atoms with Crippen LogP contribution in [0.1, 0.15) is 24.2 Å². The van der Waals surface area contributed by atoms with E-state index in [1.165, 1.54) is 12.1 Å². The molecular formula is C13H14BrNO6. The predicted molar refractivity (Wildman–Crippen MR) is 75.4 cm³/mol. The average molecular weight is 360 g/mol. The molecule has 114 valence electrons. The Kier molecular flexibility index (Phi) is 6.67. The number of hydrogen-bond donors (Lipinski definition) is 0. The molecule has 0 fully saturated rings. The lowest BCUT2D eigenvalue weighted by Gasteiger charge is -2.17. The number of nitrogens with zero attached hydrogens (tertiary/aromatic N) is 1. The normalized spacial score (nSPS) is 9.67. The van der Waals surface area contributed by atoms with Crippen molar-refractivity contribution in [1.82, 2.24) is 5.06 Å². The molecule has 0 aliphatic rings. The van der Waals surface area contributed by atoms with Crippen molar-refractivity contribution >= 4 is 34.1 Å². The quantitative estimate of drug-likeness (QED) is 0.608. The fourth-order valence-electron chi connectivity index (χ4n) is 1.27. The van der Waals surface area contributed by atoms with E-state index in [0.717, 1.165) is 4.47 Å². The van der Waals surface area contributed by atoms with Gasteiger partial charge in [0.1, 0.15) is 0 Å². The average Bonchev–Trinajstić information content (AvgIpc) is 2.45. The van der Waals surface area contributed by atoms with Crippen LogP contribution in [-0.4, -0.2) is 36.4 Å². The molecule has 0 heterocycles. The number of benzene rings is 1. The van der Waals surface area contributed by atoms with Crippen LogP contribution in [-0.2, 0) is 14.3 Å². The van der Waals surface area contributed by atoms with E-state index in [1.807, 2.05) is 0 Å². The minimum atomic E-state index is -1.17. The van der Waals surface area contributed by atoms with Gasteiger partial charge in [0.15, 0.2) is 0 Å². The second-order valence-corrected chi connectivity index (χ2v) is 4.50. The molecule has 21 heavy (non-hydrogen) atoms. The van der Waals surface area contributed by atoms with Gasteiger partial charge < -0.3 is 9.47 Å². The minimum Gasteiger partial charge on any atom is -0.447 e. The zero-order valence-electron chi connectivity index (χ0n) is 11.5. The van der Waals surface area contributed by atoms with Crippen molar-refractivity contribution in [3.05, 3.63) is 34.3 Å². The third-order valence-electron chi connectivity index (χ3n) is 2.14. The van der Waals surface area contributed by atoms with Crippen LogP contribution >= 0.6 is 15.9 Å². The molecule has 2 amide bonds. The molecule has 0 radical (unpaired) electrons. The summed E-state index contributed by atoms with van der Waals surface area (Å²) in [7, 11) is 0. The SMILES string of the molecule is CCOC(=O)ON(C(=O)OCC)C(=O)c1ccc(Br)cc1. The molecule has 1 rings (SSSR count). The van der Waals surface area contributed by atoms with Crippen LogP contribution < -0.4 is 0 Å². The van der Waals surface area contributed by atoms with Gasteiger partial charge in [-0.25, -0.2) is 9.59 Å². The largest absolute Gasteiger partial charge is 0.534 e. The van der Waals surface area contributed by atoms with Gasteiger partial charge in [-0.05, 0) is 38.1 Å². The summed E-state index contributed by atoms with van der Waals surface area (Å²) < 4.78 is 9.97. The second kappa shape index (κ2) is 8.25. The Labute approximate surface area is 129 Å². The van der Waals surface area contributed by atoms with Gasteiger partial charge in [-0.1, -0.05) is 21.0 Å². The van der Waals surface area contributed by atoms with Crippen molar-refractivity contribution in [2.45, 2.75) is 13.8 Å². The lowest BCUT2D eigenvalue weighted by molar-refractivity contribution is -0.0856. The molecule has 0 atom stereocenters. The standard InChI is InChI=1S/C13H14BrNO6/c1-3-19-12(17)15(21-13(18)20-4-2)11(16)9-5-7-10(14)8-6-9/h5-8H,3-4H2,1-2H3. The van der Waals surface area contributed by atoms with E-state index in [2.05, 4.69) is 30.2 Å². The van der Waals surface area contributed by atoms with Crippen molar-refractivity contribution in [2.75, 3.05) is 13.2 Å². The third kappa shape index (κ3) is 5.07. The van der Waals surface area contributed by atoms with Crippen LogP contribution in [0.4, 0.5) is 9.59 Å². The van der Waals surface area contributed by atoms with Crippen LogP contribution in [0.15, 0.2) is 28.7 Å². The Morgan fingerprint density at radius 3 is 2.14 bits per heavy atom. The Hall–Kier alpha value is -2.09. The van der Waals surface area contributed by atoms with Crippen LogP contribution in [0.3, 0.4) is 0 Å². The van der Waals surface area contributed by atoms with E-state index in [-0.39, 0.29) is 23.8 Å². The van der Waals surface area contributed by atoms with Crippen LogP contribution in [0.2, 0.25) is 0 Å². The number of imide groups is 1. The summed E-state index contributed by atoms with van der Waals surface area (Å²) in [5, 5.41) is 0.227. The molecule has 0 unspecified atom stereocenters. The number of carbonyl (C=O) groups is 3. The summed E-state index contributed by atoms with van der Waals surface area (Å²) in [5.74, 6) is -0.839.